The van der Waals surface area contributed by atoms with Crippen molar-refractivity contribution in [3.05, 3.63) is 78.4 Å². The summed E-state index contributed by atoms with van der Waals surface area (Å²) in [6, 6.07) is 26.3. The topological polar surface area (TPSA) is 15.7 Å². The zero-order chi connectivity index (χ0) is 21.3. The first-order chi connectivity index (χ1) is 15.3. The van der Waals surface area contributed by atoms with Gasteiger partial charge in [0.25, 0.3) is 0 Å². The summed E-state index contributed by atoms with van der Waals surface area (Å²) < 4.78 is 7.89. The SMILES string of the molecule is COCCCN(CC1CCN(Cc2ccccc2)CC1)Sc1ccc2ccccc2c1. The molecule has 3 nitrogen and oxygen atoms in total. The molecule has 0 radical (unpaired) electrons. The van der Waals surface area contributed by atoms with Crippen LogP contribution in [0.25, 0.3) is 10.8 Å². The lowest BCUT2D eigenvalue weighted by atomic mass is 9.96. The molecule has 0 bridgehead atoms. The summed E-state index contributed by atoms with van der Waals surface area (Å²) in [7, 11) is 1.79. The summed E-state index contributed by atoms with van der Waals surface area (Å²) in [5.74, 6) is 0.766. The number of benzene rings is 3. The van der Waals surface area contributed by atoms with E-state index < -0.39 is 0 Å². The Morgan fingerprint density at radius 2 is 1.68 bits per heavy atom. The van der Waals surface area contributed by atoms with Crippen molar-refractivity contribution < 1.29 is 4.74 Å². The largest absolute Gasteiger partial charge is 0.385 e. The number of hydrogen-bond acceptors (Lipinski definition) is 4. The molecule has 0 aliphatic carbocycles. The number of rotatable bonds is 10. The fraction of sp³-hybridized carbons (Fsp3) is 0.407. The van der Waals surface area contributed by atoms with Gasteiger partial charge in [-0.05, 0) is 78.7 Å². The molecular weight excluding hydrogens is 400 g/mol. The molecule has 0 saturated carbocycles. The van der Waals surface area contributed by atoms with Crippen LogP contribution in [-0.4, -0.2) is 49.1 Å². The Bertz CT molecular complexity index is 925. The Morgan fingerprint density at radius 1 is 0.935 bits per heavy atom. The van der Waals surface area contributed by atoms with Crippen molar-refractivity contribution in [1.82, 2.24) is 9.21 Å². The lowest BCUT2D eigenvalue weighted by Gasteiger charge is -2.34. The molecule has 31 heavy (non-hydrogen) atoms. The van der Waals surface area contributed by atoms with Gasteiger partial charge in [-0.3, -0.25) is 4.90 Å². The highest BCUT2D eigenvalue weighted by molar-refractivity contribution is 7.97. The highest BCUT2D eigenvalue weighted by Crippen LogP contribution is 2.29. The predicted molar refractivity (Wildman–Crippen MR) is 132 cm³/mol. The van der Waals surface area contributed by atoms with Crippen molar-refractivity contribution in [1.29, 1.82) is 0 Å². The van der Waals surface area contributed by atoms with Gasteiger partial charge in [-0.1, -0.05) is 60.7 Å². The van der Waals surface area contributed by atoms with Crippen LogP contribution in [0.15, 0.2) is 77.7 Å². The van der Waals surface area contributed by atoms with Crippen LogP contribution >= 0.6 is 11.9 Å². The third kappa shape index (κ3) is 6.81. The summed E-state index contributed by atoms with van der Waals surface area (Å²) in [5.41, 5.74) is 1.43. The van der Waals surface area contributed by atoms with E-state index in [4.69, 9.17) is 4.74 Å². The minimum Gasteiger partial charge on any atom is -0.385 e. The van der Waals surface area contributed by atoms with E-state index in [1.807, 2.05) is 11.9 Å². The Hall–Kier alpha value is -1.85. The van der Waals surface area contributed by atoms with Crippen LogP contribution in [0.3, 0.4) is 0 Å². The average molecular weight is 435 g/mol. The van der Waals surface area contributed by atoms with Gasteiger partial charge in [-0.25, -0.2) is 4.31 Å². The van der Waals surface area contributed by atoms with E-state index in [0.29, 0.717) is 0 Å². The molecule has 0 N–H and O–H groups in total. The molecule has 0 spiro atoms. The van der Waals surface area contributed by atoms with E-state index in [-0.39, 0.29) is 0 Å². The molecule has 0 atom stereocenters. The number of ether oxygens (including phenoxy) is 1. The highest BCUT2D eigenvalue weighted by Gasteiger charge is 2.22. The van der Waals surface area contributed by atoms with Crippen molar-refractivity contribution >= 4 is 22.7 Å². The van der Waals surface area contributed by atoms with Gasteiger partial charge in [0, 0.05) is 38.2 Å². The van der Waals surface area contributed by atoms with Crippen LogP contribution in [0, 0.1) is 5.92 Å². The normalized spacial score (nSPS) is 15.7. The first-order valence-electron chi connectivity index (χ1n) is 11.5. The van der Waals surface area contributed by atoms with Gasteiger partial charge in [0.1, 0.15) is 0 Å². The molecule has 0 aromatic heterocycles. The number of hydrogen-bond donors (Lipinski definition) is 0. The van der Waals surface area contributed by atoms with Crippen LogP contribution in [0.4, 0.5) is 0 Å². The van der Waals surface area contributed by atoms with Crippen LogP contribution < -0.4 is 0 Å². The highest BCUT2D eigenvalue weighted by atomic mass is 32.2. The maximum absolute atomic E-state index is 5.32. The molecule has 4 heteroatoms. The third-order valence-corrected chi connectivity index (χ3v) is 7.18. The first-order valence-corrected chi connectivity index (χ1v) is 12.2. The quantitative estimate of drug-likeness (QED) is 0.283. The number of piperidine rings is 1. The van der Waals surface area contributed by atoms with Crippen molar-refractivity contribution in [3.63, 3.8) is 0 Å². The molecule has 0 unspecified atom stereocenters. The second-order valence-electron chi connectivity index (χ2n) is 8.54. The molecule has 1 aliphatic heterocycles. The second-order valence-corrected chi connectivity index (χ2v) is 9.71. The molecule has 0 amide bonds. The summed E-state index contributed by atoms with van der Waals surface area (Å²) >= 11 is 1.92. The summed E-state index contributed by atoms with van der Waals surface area (Å²) in [4.78, 5) is 3.94. The molecule has 1 heterocycles. The Balaban J connectivity index is 1.33. The average Bonchev–Trinajstić information content (AvgIpc) is 2.81. The van der Waals surface area contributed by atoms with Crippen LogP contribution in [0.2, 0.25) is 0 Å². The summed E-state index contributed by atoms with van der Waals surface area (Å²) in [6.07, 6.45) is 3.64. The van der Waals surface area contributed by atoms with Crippen molar-refractivity contribution in [2.75, 3.05) is 39.9 Å². The lowest BCUT2D eigenvalue weighted by Crippen LogP contribution is -2.37. The molecule has 1 aliphatic rings. The van der Waals surface area contributed by atoms with Gasteiger partial charge in [-0.15, -0.1) is 0 Å². The number of fused-ring (bicyclic) bond motifs is 1. The Labute approximate surface area is 191 Å². The lowest BCUT2D eigenvalue weighted by molar-refractivity contribution is 0.157. The molecule has 1 saturated heterocycles. The zero-order valence-electron chi connectivity index (χ0n) is 18.6. The van der Waals surface area contributed by atoms with Crippen LogP contribution in [0.1, 0.15) is 24.8 Å². The molecule has 164 valence electrons. The van der Waals surface area contributed by atoms with E-state index >= 15 is 0 Å². The zero-order valence-corrected chi connectivity index (χ0v) is 19.4. The van der Waals surface area contributed by atoms with E-state index in [0.717, 1.165) is 38.6 Å². The van der Waals surface area contributed by atoms with Gasteiger partial charge in [0.15, 0.2) is 0 Å². The van der Waals surface area contributed by atoms with E-state index in [9.17, 15) is 0 Å². The van der Waals surface area contributed by atoms with Gasteiger partial charge >= 0.3 is 0 Å². The van der Waals surface area contributed by atoms with Crippen LogP contribution in [0.5, 0.6) is 0 Å². The first kappa shape index (κ1) is 22.3. The van der Waals surface area contributed by atoms with E-state index in [1.165, 1.54) is 47.2 Å². The number of likely N-dealkylation sites (tertiary alicyclic amines) is 1. The summed E-state index contributed by atoms with van der Waals surface area (Å²) in [5, 5.41) is 2.63. The van der Waals surface area contributed by atoms with E-state index in [1.54, 1.807) is 7.11 Å². The van der Waals surface area contributed by atoms with Crippen molar-refractivity contribution in [3.8, 4) is 0 Å². The van der Waals surface area contributed by atoms with Gasteiger partial charge < -0.3 is 4.74 Å². The fourth-order valence-electron chi connectivity index (χ4n) is 4.39. The standard InChI is InChI=1S/C27H34N2OS/c1-30-19-7-16-29(31-27-13-12-25-10-5-6-11-26(25)20-27)22-24-14-17-28(18-15-24)21-23-8-3-2-4-9-23/h2-6,8-13,20,24H,7,14-19,21-22H2,1H3. The predicted octanol–water partition coefficient (Wildman–Crippen LogP) is 6.10. The maximum atomic E-state index is 5.32. The van der Waals surface area contributed by atoms with Crippen molar-refractivity contribution in [2.24, 2.45) is 5.92 Å². The summed E-state index contributed by atoms with van der Waals surface area (Å²) in [6.45, 7) is 6.52. The second kappa shape index (κ2) is 11.7. The minimum absolute atomic E-state index is 0.766. The molecule has 1 fully saturated rings. The number of methoxy groups -OCH3 is 1. The number of nitrogens with zero attached hydrogens (tertiary/aromatic N) is 2. The van der Waals surface area contributed by atoms with Gasteiger partial charge in [0.05, 0.1) is 0 Å². The van der Waals surface area contributed by atoms with Crippen LogP contribution in [-0.2, 0) is 11.3 Å². The fourth-order valence-corrected chi connectivity index (χ4v) is 5.50. The Morgan fingerprint density at radius 3 is 2.45 bits per heavy atom. The monoisotopic (exact) mass is 434 g/mol. The van der Waals surface area contributed by atoms with Crippen molar-refractivity contribution in [2.45, 2.75) is 30.7 Å². The van der Waals surface area contributed by atoms with Gasteiger partial charge in [0.2, 0.25) is 0 Å². The third-order valence-electron chi connectivity index (χ3n) is 6.13. The molecule has 3 aromatic carbocycles. The smallest absolute Gasteiger partial charge is 0.0474 e. The van der Waals surface area contributed by atoms with E-state index in [2.05, 4.69) is 82.0 Å². The van der Waals surface area contributed by atoms with Gasteiger partial charge in [-0.2, -0.15) is 0 Å². The molecule has 3 aromatic rings. The molecular formula is C27H34N2OS. The minimum atomic E-state index is 0.766. The maximum Gasteiger partial charge on any atom is 0.0474 e. The Kier molecular flexibility index (Phi) is 8.42. The molecule has 4 rings (SSSR count).